The zero-order valence-electron chi connectivity index (χ0n) is 13.7. The Balaban J connectivity index is 0.00000312. The molecule has 0 aliphatic heterocycles. The fraction of sp³-hybridized carbons (Fsp3) is 0.333. The van der Waals surface area contributed by atoms with Crippen LogP contribution in [0.2, 0.25) is 0 Å². The summed E-state index contributed by atoms with van der Waals surface area (Å²) in [5, 5.41) is 5.11. The Hall–Kier alpha value is -1.52. The first-order valence-electron chi connectivity index (χ1n) is 7.41. The Bertz CT molecular complexity index is 791. The number of rotatable bonds is 8. The molecule has 0 bridgehead atoms. The quantitative estimate of drug-likeness (QED) is 0.569. The summed E-state index contributed by atoms with van der Waals surface area (Å²) < 4.78 is 26.6. The van der Waals surface area contributed by atoms with Crippen LogP contribution in [0.4, 0.5) is 0 Å². The number of hydrogen-bond donors (Lipinski definition) is 3. The number of carbonyl (C=O) groups excluding carboxylic acids is 1. The SMILES string of the molecule is Cc1ccc(S(=O)(=O)NCCNC(=O)c2csc(CCN)n2)cc1.Cl. The number of amides is 1. The molecule has 25 heavy (non-hydrogen) atoms. The Morgan fingerprint density at radius 2 is 1.92 bits per heavy atom. The third-order valence-electron chi connectivity index (χ3n) is 3.18. The number of nitrogens with two attached hydrogens (primary N) is 1. The van der Waals surface area contributed by atoms with E-state index in [2.05, 4.69) is 15.0 Å². The number of aryl methyl sites for hydroxylation is 1. The van der Waals surface area contributed by atoms with Gasteiger partial charge < -0.3 is 11.1 Å². The monoisotopic (exact) mass is 404 g/mol. The molecule has 7 nitrogen and oxygen atoms in total. The summed E-state index contributed by atoms with van der Waals surface area (Å²) >= 11 is 1.38. The lowest BCUT2D eigenvalue weighted by atomic mass is 10.2. The zero-order valence-corrected chi connectivity index (χ0v) is 16.1. The smallest absolute Gasteiger partial charge is 0.270 e. The van der Waals surface area contributed by atoms with Crippen molar-refractivity contribution in [1.29, 1.82) is 0 Å². The average molecular weight is 405 g/mol. The van der Waals surface area contributed by atoms with Gasteiger partial charge in [-0.2, -0.15) is 0 Å². The fourth-order valence-electron chi connectivity index (χ4n) is 1.91. The maximum atomic E-state index is 12.1. The molecule has 138 valence electrons. The van der Waals surface area contributed by atoms with Crippen molar-refractivity contribution in [3.8, 4) is 0 Å². The van der Waals surface area contributed by atoms with E-state index in [1.807, 2.05) is 6.92 Å². The number of nitrogens with zero attached hydrogens (tertiary/aromatic N) is 1. The predicted molar refractivity (Wildman–Crippen MR) is 101 cm³/mol. The van der Waals surface area contributed by atoms with E-state index in [1.165, 1.54) is 11.3 Å². The van der Waals surface area contributed by atoms with Crippen LogP contribution in [-0.2, 0) is 16.4 Å². The molecule has 0 radical (unpaired) electrons. The molecular weight excluding hydrogens is 384 g/mol. The van der Waals surface area contributed by atoms with Gasteiger partial charge in [0.1, 0.15) is 5.69 Å². The lowest BCUT2D eigenvalue weighted by Crippen LogP contribution is -2.34. The fourth-order valence-corrected chi connectivity index (χ4v) is 3.73. The number of benzene rings is 1. The maximum Gasteiger partial charge on any atom is 0.270 e. The van der Waals surface area contributed by atoms with Crippen LogP contribution in [0.1, 0.15) is 21.1 Å². The van der Waals surface area contributed by atoms with Gasteiger partial charge in [-0.05, 0) is 25.6 Å². The molecule has 0 unspecified atom stereocenters. The van der Waals surface area contributed by atoms with E-state index in [-0.39, 0.29) is 36.3 Å². The molecule has 0 saturated heterocycles. The van der Waals surface area contributed by atoms with Gasteiger partial charge in [0, 0.05) is 24.9 Å². The molecule has 0 spiro atoms. The molecule has 0 atom stereocenters. The summed E-state index contributed by atoms with van der Waals surface area (Å²) in [5.41, 5.74) is 6.75. The highest BCUT2D eigenvalue weighted by Crippen LogP contribution is 2.10. The minimum atomic E-state index is -3.57. The number of thiazole rings is 1. The molecule has 10 heteroatoms. The van der Waals surface area contributed by atoms with Crippen molar-refractivity contribution in [1.82, 2.24) is 15.0 Å². The van der Waals surface area contributed by atoms with E-state index < -0.39 is 10.0 Å². The topological polar surface area (TPSA) is 114 Å². The van der Waals surface area contributed by atoms with Gasteiger partial charge in [-0.1, -0.05) is 17.7 Å². The molecule has 0 aliphatic carbocycles. The summed E-state index contributed by atoms with van der Waals surface area (Å²) in [6.07, 6.45) is 0.633. The predicted octanol–water partition coefficient (Wildman–Crippen LogP) is 1.08. The first kappa shape index (κ1) is 21.5. The largest absolute Gasteiger partial charge is 0.349 e. The van der Waals surface area contributed by atoms with Crippen molar-refractivity contribution in [2.45, 2.75) is 18.2 Å². The van der Waals surface area contributed by atoms with Crippen LogP contribution in [0.3, 0.4) is 0 Å². The normalized spacial score (nSPS) is 11.0. The minimum Gasteiger partial charge on any atom is -0.349 e. The minimum absolute atomic E-state index is 0. The lowest BCUT2D eigenvalue weighted by Gasteiger charge is -2.07. The molecule has 1 amide bonds. The van der Waals surface area contributed by atoms with Crippen LogP contribution in [-0.4, -0.2) is 38.9 Å². The van der Waals surface area contributed by atoms with E-state index >= 15 is 0 Å². The number of hydrogen-bond acceptors (Lipinski definition) is 6. The van der Waals surface area contributed by atoms with Crippen LogP contribution < -0.4 is 15.8 Å². The van der Waals surface area contributed by atoms with E-state index in [9.17, 15) is 13.2 Å². The molecule has 0 fully saturated rings. The number of aromatic nitrogens is 1. The van der Waals surface area contributed by atoms with Crippen molar-refractivity contribution >= 4 is 39.7 Å². The van der Waals surface area contributed by atoms with Crippen molar-refractivity contribution < 1.29 is 13.2 Å². The summed E-state index contributed by atoms with van der Waals surface area (Å²) in [4.78, 5) is 16.3. The molecule has 1 heterocycles. The number of carbonyl (C=O) groups is 1. The second-order valence-electron chi connectivity index (χ2n) is 5.13. The van der Waals surface area contributed by atoms with Gasteiger partial charge in [-0.25, -0.2) is 18.1 Å². The molecule has 4 N–H and O–H groups in total. The second-order valence-corrected chi connectivity index (χ2v) is 7.84. The van der Waals surface area contributed by atoms with Crippen LogP contribution in [0.15, 0.2) is 34.5 Å². The second kappa shape index (κ2) is 9.83. The van der Waals surface area contributed by atoms with Gasteiger partial charge in [0.25, 0.3) is 5.91 Å². The molecular formula is C15H21ClN4O3S2. The Morgan fingerprint density at radius 1 is 1.24 bits per heavy atom. The molecule has 1 aromatic heterocycles. The zero-order chi connectivity index (χ0) is 17.6. The highest BCUT2D eigenvalue weighted by atomic mass is 35.5. The molecule has 0 saturated carbocycles. The third kappa shape index (κ3) is 6.37. The van der Waals surface area contributed by atoms with Gasteiger partial charge in [0.15, 0.2) is 0 Å². The van der Waals surface area contributed by atoms with E-state index in [4.69, 9.17) is 5.73 Å². The first-order valence-corrected chi connectivity index (χ1v) is 9.77. The van der Waals surface area contributed by atoms with E-state index in [0.29, 0.717) is 18.7 Å². The van der Waals surface area contributed by atoms with Gasteiger partial charge in [-0.3, -0.25) is 4.79 Å². The highest BCUT2D eigenvalue weighted by molar-refractivity contribution is 7.89. The van der Waals surface area contributed by atoms with Gasteiger partial charge in [-0.15, -0.1) is 23.7 Å². The average Bonchev–Trinajstić information content (AvgIpc) is 3.01. The van der Waals surface area contributed by atoms with Gasteiger partial charge in [0.2, 0.25) is 10.0 Å². The van der Waals surface area contributed by atoms with E-state index in [1.54, 1.807) is 29.6 Å². The molecule has 2 aromatic rings. The van der Waals surface area contributed by atoms with Crippen LogP contribution in [0, 0.1) is 6.92 Å². The van der Waals surface area contributed by atoms with Crippen LogP contribution >= 0.6 is 23.7 Å². The van der Waals surface area contributed by atoms with Crippen LogP contribution in [0.25, 0.3) is 0 Å². The Morgan fingerprint density at radius 3 is 2.56 bits per heavy atom. The Labute approximate surface area is 157 Å². The molecule has 1 aromatic carbocycles. The third-order valence-corrected chi connectivity index (χ3v) is 5.56. The number of sulfonamides is 1. The number of halogens is 1. The van der Waals surface area contributed by atoms with Crippen molar-refractivity contribution in [3.05, 3.63) is 45.9 Å². The van der Waals surface area contributed by atoms with Crippen molar-refractivity contribution in [2.24, 2.45) is 5.73 Å². The molecule has 2 rings (SSSR count). The van der Waals surface area contributed by atoms with Gasteiger partial charge in [0.05, 0.1) is 9.90 Å². The van der Waals surface area contributed by atoms with Crippen molar-refractivity contribution in [2.75, 3.05) is 19.6 Å². The summed E-state index contributed by atoms with van der Waals surface area (Å²) in [6, 6.07) is 6.56. The first-order chi connectivity index (χ1) is 11.4. The molecule has 0 aliphatic rings. The standard InChI is InChI=1S/C15H20N4O3S2.ClH/c1-11-2-4-12(5-3-11)24(21,22)18-9-8-17-15(20)13-10-23-14(19-13)6-7-16;/h2-5,10,18H,6-9,16H2,1H3,(H,17,20);1H. The lowest BCUT2D eigenvalue weighted by molar-refractivity contribution is 0.0950. The highest BCUT2D eigenvalue weighted by Gasteiger charge is 2.14. The van der Waals surface area contributed by atoms with Crippen LogP contribution in [0.5, 0.6) is 0 Å². The summed E-state index contributed by atoms with van der Waals surface area (Å²) in [6.45, 7) is 2.64. The van der Waals surface area contributed by atoms with Crippen molar-refractivity contribution in [3.63, 3.8) is 0 Å². The Kier molecular flexibility index (Phi) is 8.46. The number of nitrogens with one attached hydrogen (secondary N) is 2. The van der Waals surface area contributed by atoms with Gasteiger partial charge >= 0.3 is 0 Å². The van der Waals surface area contributed by atoms with E-state index in [0.717, 1.165) is 10.6 Å². The summed E-state index contributed by atoms with van der Waals surface area (Å²) in [7, 11) is -3.57. The summed E-state index contributed by atoms with van der Waals surface area (Å²) in [5.74, 6) is -0.330. The maximum absolute atomic E-state index is 12.1.